The average molecular weight is 427 g/mol. The van der Waals surface area contributed by atoms with E-state index in [2.05, 4.69) is 58.3 Å². The highest BCUT2D eigenvalue weighted by molar-refractivity contribution is 7.59. The van der Waals surface area contributed by atoms with Crippen LogP contribution in [0.25, 0.3) is 0 Å². The monoisotopic (exact) mass is 426 g/mol. The van der Waals surface area contributed by atoms with Crippen LogP contribution in [0.4, 0.5) is 5.69 Å². The number of fused-ring (bicyclic) bond motifs is 1. The van der Waals surface area contributed by atoms with Crippen molar-refractivity contribution in [3.63, 3.8) is 0 Å². The van der Waals surface area contributed by atoms with Crippen LogP contribution >= 0.6 is 7.67 Å². The van der Waals surface area contributed by atoms with E-state index in [4.69, 9.17) is 4.52 Å². The first-order valence-electron chi connectivity index (χ1n) is 11.0. The van der Waals surface area contributed by atoms with Crippen molar-refractivity contribution < 1.29 is 9.09 Å². The normalized spacial score (nSPS) is 24.9. The van der Waals surface area contributed by atoms with Crippen molar-refractivity contribution in [3.8, 4) is 5.75 Å². The van der Waals surface area contributed by atoms with E-state index in [1.54, 1.807) is 0 Å². The molecule has 0 radical (unpaired) electrons. The van der Waals surface area contributed by atoms with Crippen LogP contribution in [0.5, 0.6) is 5.75 Å². The van der Waals surface area contributed by atoms with Gasteiger partial charge in [0.2, 0.25) is 0 Å². The van der Waals surface area contributed by atoms with Gasteiger partial charge >= 0.3 is 7.67 Å². The van der Waals surface area contributed by atoms with Crippen LogP contribution in [-0.2, 0) is 15.4 Å². The van der Waals surface area contributed by atoms with E-state index >= 15 is 0 Å². The number of hydrogen-bond donors (Lipinski definition) is 0. The van der Waals surface area contributed by atoms with E-state index in [0.717, 1.165) is 42.9 Å². The molecule has 0 N–H and O–H groups in total. The van der Waals surface area contributed by atoms with Crippen LogP contribution in [0.15, 0.2) is 48.5 Å². The zero-order valence-corrected chi connectivity index (χ0v) is 20.1. The van der Waals surface area contributed by atoms with Crippen LogP contribution in [0.2, 0.25) is 0 Å². The fraction of sp³-hybridized carbons (Fsp3) is 0.520. The molecular formula is C25H35N2O2P. The van der Waals surface area contributed by atoms with Crippen molar-refractivity contribution >= 4 is 13.4 Å². The summed E-state index contributed by atoms with van der Waals surface area (Å²) in [6, 6.07) is 16.8. The third kappa shape index (κ3) is 3.81. The van der Waals surface area contributed by atoms with Gasteiger partial charge in [0.25, 0.3) is 0 Å². The Kier molecular flexibility index (Phi) is 5.31. The number of hydrogen-bond acceptors (Lipinski definition) is 2. The molecule has 2 heterocycles. The molecule has 2 saturated heterocycles. The van der Waals surface area contributed by atoms with Crippen molar-refractivity contribution in [2.75, 3.05) is 17.8 Å². The third-order valence-electron chi connectivity index (χ3n) is 6.28. The van der Waals surface area contributed by atoms with Gasteiger partial charge in [0.05, 0.1) is 0 Å². The standard InChI is InChI=1S/C25H35N2O2P/c1-24(2,3)19-14-15-23(22(17-19)25(4,5)6)29-30(28)26-16-10-13-21(26)18-27(30)20-11-8-7-9-12-20/h7-9,11-12,14-15,17,21H,10,13,16,18H2,1-6H3/t21-,30+/m0/s1. The summed E-state index contributed by atoms with van der Waals surface area (Å²) in [4.78, 5) is 0. The minimum Gasteiger partial charge on any atom is -0.417 e. The summed E-state index contributed by atoms with van der Waals surface area (Å²) >= 11 is 0. The summed E-state index contributed by atoms with van der Waals surface area (Å²) in [5, 5.41) is 0. The summed E-state index contributed by atoms with van der Waals surface area (Å²) in [6.45, 7) is 14.8. The quantitative estimate of drug-likeness (QED) is 0.508. The van der Waals surface area contributed by atoms with Gasteiger partial charge in [-0.1, -0.05) is 71.9 Å². The Balaban J connectivity index is 1.78. The van der Waals surface area contributed by atoms with Crippen LogP contribution in [0.3, 0.4) is 0 Å². The number of nitrogens with zero attached hydrogens (tertiary/aromatic N) is 2. The van der Waals surface area contributed by atoms with E-state index in [-0.39, 0.29) is 10.8 Å². The highest BCUT2D eigenvalue weighted by atomic mass is 31.2. The van der Waals surface area contributed by atoms with Gasteiger partial charge in [-0.2, -0.15) is 4.67 Å². The zero-order chi connectivity index (χ0) is 21.7. The third-order valence-corrected chi connectivity index (χ3v) is 8.90. The first-order valence-corrected chi connectivity index (χ1v) is 12.6. The van der Waals surface area contributed by atoms with Crippen LogP contribution < -0.4 is 9.19 Å². The number of benzene rings is 2. The molecule has 5 heteroatoms. The highest BCUT2D eigenvalue weighted by Gasteiger charge is 2.53. The summed E-state index contributed by atoms with van der Waals surface area (Å²) in [7, 11) is -3.21. The lowest BCUT2D eigenvalue weighted by molar-refractivity contribution is 0.370. The molecule has 162 valence electrons. The fourth-order valence-electron chi connectivity index (χ4n) is 4.52. The maximum Gasteiger partial charge on any atom is 0.422 e. The molecule has 0 unspecified atom stereocenters. The van der Waals surface area contributed by atoms with E-state index in [9.17, 15) is 4.57 Å². The Labute approximate surface area is 181 Å². The van der Waals surface area contributed by atoms with Crippen LogP contribution in [-0.4, -0.2) is 23.8 Å². The maximum atomic E-state index is 14.5. The van der Waals surface area contributed by atoms with Gasteiger partial charge in [-0.25, -0.2) is 4.57 Å². The van der Waals surface area contributed by atoms with E-state index in [1.807, 2.05) is 41.1 Å². The second kappa shape index (κ2) is 7.43. The maximum absolute atomic E-state index is 14.5. The molecule has 2 aromatic carbocycles. The smallest absolute Gasteiger partial charge is 0.417 e. The Bertz CT molecular complexity index is 959. The zero-order valence-electron chi connectivity index (χ0n) is 19.2. The molecule has 0 aromatic heterocycles. The molecule has 4 rings (SSSR count). The van der Waals surface area contributed by atoms with Crippen molar-refractivity contribution in [3.05, 3.63) is 59.7 Å². The predicted octanol–water partition coefficient (Wildman–Crippen LogP) is 6.75. The van der Waals surface area contributed by atoms with Crippen molar-refractivity contribution in [2.24, 2.45) is 0 Å². The Morgan fingerprint density at radius 1 is 0.967 bits per heavy atom. The lowest BCUT2D eigenvalue weighted by atomic mass is 9.80. The first-order chi connectivity index (χ1) is 14.0. The molecule has 0 spiro atoms. The average Bonchev–Trinajstić information content (AvgIpc) is 3.23. The van der Waals surface area contributed by atoms with E-state index < -0.39 is 7.67 Å². The Morgan fingerprint density at radius 2 is 1.67 bits per heavy atom. The molecule has 0 saturated carbocycles. The first kappa shape index (κ1) is 21.5. The van der Waals surface area contributed by atoms with Crippen LogP contribution in [0.1, 0.15) is 65.5 Å². The summed E-state index contributed by atoms with van der Waals surface area (Å²) in [6.07, 6.45) is 2.15. The summed E-state index contributed by atoms with van der Waals surface area (Å²) < 4.78 is 25.2. The molecule has 0 aliphatic carbocycles. The van der Waals surface area contributed by atoms with Crippen molar-refractivity contribution in [1.29, 1.82) is 0 Å². The fourth-order valence-corrected chi connectivity index (χ4v) is 7.24. The van der Waals surface area contributed by atoms with Gasteiger partial charge in [0, 0.05) is 30.4 Å². The van der Waals surface area contributed by atoms with E-state index in [1.165, 1.54) is 5.56 Å². The lowest BCUT2D eigenvalue weighted by Gasteiger charge is -2.33. The molecule has 0 bridgehead atoms. The molecule has 0 amide bonds. The van der Waals surface area contributed by atoms with Gasteiger partial charge in [0.1, 0.15) is 5.75 Å². The second-order valence-corrected chi connectivity index (χ2v) is 12.8. The summed E-state index contributed by atoms with van der Waals surface area (Å²) in [5.74, 6) is 0.743. The lowest BCUT2D eigenvalue weighted by Crippen LogP contribution is -2.24. The second-order valence-electron chi connectivity index (χ2n) is 10.7. The molecule has 2 fully saturated rings. The molecule has 4 nitrogen and oxygen atoms in total. The van der Waals surface area contributed by atoms with Gasteiger partial charge in [-0.3, -0.25) is 4.67 Å². The molecular weight excluding hydrogens is 391 g/mol. The Morgan fingerprint density at radius 3 is 2.30 bits per heavy atom. The van der Waals surface area contributed by atoms with Gasteiger partial charge in [-0.15, -0.1) is 0 Å². The predicted molar refractivity (Wildman–Crippen MR) is 126 cm³/mol. The number of rotatable bonds is 3. The topological polar surface area (TPSA) is 32.8 Å². The molecule has 2 atom stereocenters. The Hall–Kier alpha value is -1.77. The largest absolute Gasteiger partial charge is 0.422 e. The molecule has 30 heavy (non-hydrogen) atoms. The molecule has 2 aromatic rings. The minimum atomic E-state index is -3.21. The highest BCUT2D eigenvalue weighted by Crippen LogP contribution is 2.63. The van der Waals surface area contributed by atoms with Crippen molar-refractivity contribution in [2.45, 2.75) is 71.3 Å². The number of anilines is 1. The van der Waals surface area contributed by atoms with Gasteiger partial charge < -0.3 is 4.52 Å². The summed E-state index contributed by atoms with van der Waals surface area (Å²) in [5.41, 5.74) is 3.28. The van der Waals surface area contributed by atoms with Gasteiger partial charge in [0.15, 0.2) is 0 Å². The van der Waals surface area contributed by atoms with E-state index in [0.29, 0.717) is 6.04 Å². The van der Waals surface area contributed by atoms with Crippen molar-refractivity contribution in [1.82, 2.24) is 4.67 Å². The molecule has 2 aliphatic rings. The molecule has 2 aliphatic heterocycles. The number of para-hydroxylation sites is 1. The van der Waals surface area contributed by atoms with Gasteiger partial charge in [-0.05, 0) is 47.4 Å². The SMILES string of the molecule is CC(C)(C)c1ccc(O[P@@]2(=O)N(c3ccccc3)C[C@@H]3CCCN32)c(C(C)(C)C)c1. The van der Waals surface area contributed by atoms with Crippen LogP contribution in [0, 0.1) is 0 Å². The minimum absolute atomic E-state index is 0.0479.